The molecule has 0 aliphatic heterocycles. The Morgan fingerprint density at radius 1 is 1.37 bits per heavy atom. The highest BCUT2D eigenvalue weighted by atomic mass is 35.5. The molecule has 0 fully saturated rings. The van der Waals surface area contributed by atoms with Crippen molar-refractivity contribution in [1.29, 1.82) is 0 Å². The number of hydrogen-bond acceptors (Lipinski definition) is 4. The summed E-state index contributed by atoms with van der Waals surface area (Å²) in [6.45, 7) is 4.70. The van der Waals surface area contributed by atoms with Crippen LogP contribution in [0.3, 0.4) is 0 Å². The molecule has 0 aliphatic rings. The number of thiophene rings is 1. The van der Waals surface area contributed by atoms with Gasteiger partial charge in [0.15, 0.2) is 0 Å². The lowest BCUT2D eigenvalue weighted by Gasteiger charge is -2.29. The maximum atomic E-state index is 6.13. The third-order valence-corrected chi connectivity index (χ3v) is 4.36. The fourth-order valence-corrected chi connectivity index (χ4v) is 3.62. The molecule has 0 bridgehead atoms. The standard InChI is InChI=1S/C14H19ClN2OS/c1-9-4-5-11(18-9)8-17(3)14(10(2)16)12-6-7-13(15)19-12/h4-7,10,14H,8,16H2,1-3H3. The van der Waals surface area contributed by atoms with Gasteiger partial charge in [-0.2, -0.15) is 0 Å². The Balaban J connectivity index is 2.15. The van der Waals surface area contributed by atoms with Crippen LogP contribution in [0.4, 0.5) is 0 Å². The lowest BCUT2D eigenvalue weighted by molar-refractivity contribution is 0.198. The zero-order chi connectivity index (χ0) is 14.0. The van der Waals surface area contributed by atoms with E-state index < -0.39 is 0 Å². The van der Waals surface area contributed by atoms with E-state index in [1.54, 1.807) is 11.3 Å². The number of rotatable bonds is 5. The SMILES string of the molecule is Cc1ccc(CN(C)C(c2ccc(Cl)s2)C(C)N)o1. The minimum atomic E-state index is 0.0239. The molecular formula is C14H19ClN2OS. The zero-order valence-electron chi connectivity index (χ0n) is 11.4. The number of hydrogen-bond donors (Lipinski definition) is 1. The highest BCUT2D eigenvalue weighted by Gasteiger charge is 2.23. The van der Waals surface area contributed by atoms with Crippen molar-refractivity contribution < 1.29 is 4.42 Å². The highest BCUT2D eigenvalue weighted by molar-refractivity contribution is 7.16. The Hall–Kier alpha value is -0.810. The molecule has 0 aliphatic carbocycles. The molecule has 0 spiro atoms. The smallest absolute Gasteiger partial charge is 0.118 e. The molecule has 0 aromatic carbocycles. The van der Waals surface area contributed by atoms with Crippen molar-refractivity contribution >= 4 is 22.9 Å². The summed E-state index contributed by atoms with van der Waals surface area (Å²) in [5.74, 6) is 1.88. The first-order valence-electron chi connectivity index (χ1n) is 6.23. The van der Waals surface area contributed by atoms with Gasteiger partial charge >= 0.3 is 0 Å². The number of furan rings is 1. The fraction of sp³-hybridized carbons (Fsp3) is 0.429. The first-order valence-corrected chi connectivity index (χ1v) is 7.43. The number of nitrogens with two attached hydrogens (primary N) is 1. The minimum absolute atomic E-state index is 0.0239. The molecule has 0 radical (unpaired) electrons. The lowest BCUT2D eigenvalue weighted by Crippen LogP contribution is -2.36. The van der Waals surface area contributed by atoms with Crippen LogP contribution in [-0.4, -0.2) is 18.0 Å². The van der Waals surface area contributed by atoms with Gasteiger partial charge in [0.05, 0.1) is 16.9 Å². The topological polar surface area (TPSA) is 42.4 Å². The van der Waals surface area contributed by atoms with Gasteiger partial charge in [-0.1, -0.05) is 11.6 Å². The molecule has 19 heavy (non-hydrogen) atoms. The molecule has 2 aromatic heterocycles. The maximum absolute atomic E-state index is 6.13. The van der Waals surface area contributed by atoms with Crippen molar-refractivity contribution in [2.45, 2.75) is 32.5 Å². The predicted molar refractivity (Wildman–Crippen MR) is 80.6 cm³/mol. The van der Waals surface area contributed by atoms with Gasteiger partial charge < -0.3 is 10.2 Å². The van der Waals surface area contributed by atoms with Crippen molar-refractivity contribution in [3.8, 4) is 0 Å². The van der Waals surface area contributed by atoms with Crippen LogP contribution >= 0.6 is 22.9 Å². The van der Waals surface area contributed by atoms with Gasteiger partial charge in [0, 0.05) is 10.9 Å². The van der Waals surface area contributed by atoms with Gasteiger partial charge in [-0.05, 0) is 45.2 Å². The van der Waals surface area contributed by atoms with Gasteiger partial charge in [0.25, 0.3) is 0 Å². The van der Waals surface area contributed by atoms with Crippen LogP contribution in [0.15, 0.2) is 28.7 Å². The fourth-order valence-electron chi connectivity index (χ4n) is 2.28. The van der Waals surface area contributed by atoms with Gasteiger partial charge in [-0.3, -0.25) is 4.90 Å². The van der Waals surface area contributed by atoms with E-state index in [0.717, 1.165) is 22.4 Å². The predicted octanol–water partition coefficient (Wildman–Crippen LogP) is 3.82. The first-order chi connectivity index (χ1) is 8.97. The average molecular weight is 299 g/mol. The molecule has 2 atom stereocenters. The summed E-state index contributed by atoms with van der Waals surface area (Å²) in [6.07, 6.45) is 0. The molecule has 0 saturated heterocycles. The van der Waals surface area contributed by atoms with Gasteiger partial charge in [-0.25, -0.2) is 0 Å². The van der Waals surface area contributed by atoms with E-state index in [4.69, 9.17) is 21.8 Å². The highest BCUT2D eigenvalue weighted by Crippen LogP contribution is 2.32. The summed E-state index contributed by atoms with van der Waals surface area (Å²) in [5, 5.41) is 0. The Morgan fingerprint density at radius 2 is 2.11 bits per heavy atom. The molecular weight excluding hydrogens is 280 g/mol. The van der Waals surface area contributed by atoms with Crippen LogP contribution in [0.5, 0.6) is 0 Å². The van der Waals surface area contributed by atoms with E-state index in [0.29, 0.717) is 0 Å². The summed E-state index contributed by atoms with van der Waals surface area (Å²) >= 11 is 7.60. The molecule has 104 valence electrons. The van der Waals surface area contributed by atoms with E-state index >= 15 is 0 Å². The number of halogens is 1. The van der Waals surface area contributed by atoms with Crippen LogP contribution < -0.4 is 5.73 Å². The third-order valence-electron chi connectivity index (χ3n) is 3.06. The summed E-state index contributed by atoms with van der Waals surface area (Å²) < 4.78 is 6.41. The summed E-state index contributed by atoms with van der Waals surface area (Å²) in [6, 6.07) is 8.11. The van der Waals surface area contributed by atoms with Crippen LogP contribution in [0.2, 0.25) is 4.34 Å². The number of nitrogens with zero attached hydrogens (tertiary/aromatic N) is 1. The molecule has 5 heteroatoms. The molecule has 2 N–H and O–H groups in total. The Kier molecular flexibility index (Phi) is 4.68. The lowest BCUT2D eigenvalue weighted by atomic mass is 10.1. The molecule has 2 rings (SSSR count). The first kappa shape index (κ1) is 14.6. The molecule has 0 saturated carbocycles. The average Bonchev–Trinajstić information content (AvgIpc) is 2.88. The minimum Gasteiger partial charge on any atom is -0.465 e. The summed E-state index contributed by atoms with van der Waals surface area (Å²) in [5.41, 5.74) is 6.13. The maximum Gasteiger partial charge on any atom is 0.118 e. The van der Waals surface area contributed by atoms with Crippen molar-refractivity contribution in [3.63, 3.8) is 0 Å². The van der Waals surface area contributed by atoms with Crippen LogP contribution in [0.1, 0.15) is 29.4 Å². The van der Waals surface area contributed by atoms with Crippen LogP contribution in [0.25, 0.3) is 0 Å². The number of likely N-dealkylation sites (N-methyl/N-ethyl adjacent to an activating group) is 1. The Bertz CT molecular complexity index is 535. The van der Waals surface area contributed by atoms with Crippen molar-refractivity contribution in [1.82, 2.24) is 4.90 Å². The van der Waals surface area contributed by atoms with Crippen molar-refractivity contribution in [2.24, 2.45) is 5.73 Å². The van der Waals surface area contributed by atoms with Gasteiger partial charge in [0.1, 0.15) is 11.5 Å². The quantitative estimate of drug-likeness (QED) is 0.912. The second-order valence-electron chi connectivity index (χ2n) is 4.87. The van der Waals surface area contributed by atoms with Gasteiger partial charge in [0.2, 0.25) is 0 Å². The van der Waals surface area contributed by atoms with E-state index in [-0.39, 0.29) is 12.1 Å². The van der Waals surface area contributed by atoms with Crippen LogP contribution in [-0.2, 0) is 6.54 Å². The Labute approximate surface area is 123 Å². The van der Waals surface area contributed by atoms with Crippen molar-refractivity contribution in [3.05, 3.63) is 45.0 Å². The molecule has 3 nitrogen and oxygen atoms in total. The summed E-state index contributed by atoms with van der Waals surface area (Å²) in [7, 11) is 2.06. The summed E-state index contributed by atoms with van der Waals surface area (Å²) in [4.78, 5) is 3.39. The molecule has 2 unspecified atom stereocenters. The van der Waals surface area contributed by atoms with Crippen LogP contribution in [0, 0.1) is 6.92 Å². The monoisotopic (exact) mass is 298 g/mol. The van der Waals surface area contributed by atoms with E-state index in [9.17, 15) is 0 Å². The Morgan fingerprint density at radius 3 is 2.58 bits per heavy atom. The van der Waals surface area contributed by atoms with E-state index in [1.165, 1.54) is 4.88 Å². The van der Waals surface area contributed by atoms with Crippen molar-refractivity contribution in [2.75, 3.05) is 7.05 Å². The largest absolute Gasteiger partial charge is 0.465 e. The van der Waals surface area contributed by atoms with Gasteiger partial charge in [-0.15, -0.1) is 11.3 Å². The second-order valence-corrected chi connectivity index (χ2v) is 6.62. The molecule has 2 aromatic rings. The normalized spacial score (nSPS) is 14.8. The molecule has 2 heterocycles. The van der Waals surface area contributed by atoms with E-state index in [1.807, 2.05) is 38.1 Å². The third kappa shape index (κ3) is 3.60. The zero-order valence-corrected chi connectivity index (χ0v) is 13.0. The second kappa shape index (κ2) is 6.09. The molecule has 0 amide bonds. The number of aryl methyl sites for hydroxylation is 1. The van der Waals surface area contributed by atoms with E-state index in [2.05, 4.69) is 11.9 Å².